The van der Waals surface area contributed by atoms with Crippen LogP contribution in [-0.4, -0.2) is 32.6 Å². The molecule has 1 aliphatic rings. The largest absolute Gasteiger partial charge is 0.513 e. The third-order valence-corrected chi connectivity index (χ3v) is 5.96. The molecule has 1 atom stereocenters. The molecule has 0 radical (unpaired) electrons. The van der Waals surface area contributed by atoms with Crippen LogP contribution in [0.2, 0.25) is 0 Å². The van der Waals surface area contributed by atoms with E-state index in [0.717, 1.165) is 19.3 Å². The van der Waals surface area contributed by atoms with Crippen LogP contribution in [0.1, 0.15) is 90.5 Å². The zero-order valence-electron chi connectivity index (χ0n) is 22.3. The summed E-state index contributed by atoms with van der Waals surface area (Å²) in [5.41, 5.74) is 1.87. The second kappa shape index (κ2) is 15.8. The number of hydrogen-bond donors (Lipinski definition) is 1. The van der Waals surface area contributed by atoms with E-state index < -0.39 is 18.2 Å². The molecule has 0 fully saturated rings. The van der Waals surface area contributed by atoms with Crippen LogP contribution in [-0.2, 0) is 18.9 Å². The minimum Gasteiger partial charge on any atom is -0.496 e. The van der Waals surface area contributed by atoms with E-state index in [1.54, 1.807) is 33.9 Å². The number of unbranched alkanes of at least 4 members (excludes halogenated alkanes) is 7. The van der Waals surface area contributed by atoms with Gasteiger partial charge in [-0.1, -0.05) is 70.1 Å². The van der Waals surface area contributed by atoms with Crippen LogP contribution in [0.25, 0.3) is 0 Å². The van der Waals surface area contributed by atoms with Gasteiger partial charge in [-0.05, 0) is 33.3 Å². The Morgan fingerprint density at radius 3 is 1.94 bits per heavy atom. The molecule has 0 saturated carbocycles. The highest BCUT2D eigenvalue weighted by Gasteiger charge is 2.37. The van der Waals surface area contributed by atoms with Crippen molar-refractivity contribution in [2.75, 3.05) is 20.3 Å². The number of methoxy groups -OCH3 is 1. The molecule has 0 aliphatic carbocycles. The van der Waals surface area contributed by atoms with Crippen molar-refractivity contribution >= 4 is 12.3 Å². The van der Waals surface area contributed by atoms with Crippen molar-refractivity contribution in [3.63, 3.8) is 0 Å². The number of hydrogen-bond acceptors (Lipinski definition) is 8. The Kier molecular flexibility index (Phi) is 12.7. The normalized spacial score (nSPS) is 15.3. The van der Waals surface area contributed by atoms with E-state index in [0.29, 0.717) is 22.7 Å². The summed E-state index contributed by atoms with van der Waals surface area (Å²) >= 11 is 0. The monoisotopic (exact) mass is 503 g/mol. The fourth-order valence-corrected chi connectivity index (χ4v) is 4.16. The molecular formula is C28H41NO7. The van der Waals surface area contributed by atoms with Crippen molar-refractivity contribution in [1.29, 1.82) is 0 Å². The molecule has 36 heavy (non-hydrogen) atoms. The number of rotatable bonds is 14. The summed E-state index contributed by atoms with van der Waals surface area (Å²) in [6.07, 6.45) is 7.55. The smallest absolute Gasteiger partial charge is 0.496 e. The number of nitrogens with one attached hydrogen (secondary N) is 1. The standard InChI is InChI=1S/C28H41NO7/c1-6-8-9-10-11-12-13-16-19-34-28(31)36-26-21(4)29-20(3)25(35-27(30)33-7-2)24(26)22-17-14-15-18-23(22)32-5/h14-15,17-18,24,29H,6-13,16,19H2,1-5H3. The first-order valence-corrected chi connectivity index (χ1v) is 12.9. The maximum absolute atomic E-state index is 12.6. The Morgan fingerprint density at radius 2 is 1.36 bits per heavy atom. The van der Waals surface area contributed by atoms with Gasteiger partial charge >= 0.3 is 12.3 Å². The number of dihydropyridines is 1. The van der Waals surface area contributed by atoms with Gasteiger partial charge in [-0.2, -0.15) is 0 Å². The predicted molar refractivity (Wildman–Crippen MR) is 137 cm³/mol. The molecule has 8 nitrogen and oxygen atoms in total. The van der Waals surface area contributed by atoms with Crippen molar-refractivity contribution in [2.45, 2.75) is 85.0 Å². The quantitative estimate of drug-likeness (QED) is 0.209. The van der Waals surface area contributed by atoms with Gasteiger partial charge in [-0.25, -0.2) is 9.59 Å². The lowest BCUT2D eigenvalue weighted by Crippen LogP contribution is -2.29. The number of carbonyl (C=O) groups is 2. The van der Waals surface area contributed by atoms with Gasteiger partial charge in [-0.15, -0.1) is 0 Å². The number of para-hydroxylation sites is 1. The van der Waals surface area contributed by atoms with Crippen LogP contribution in [0.15, 0.2) is 47.2 Å². The lowest BCUT2D eigenvalue weighted by molar-refractivity contribution is 0.0617. The van der Waals surface area contributed by atoms with Gasteiger partial charge in [0.05, 0.1) is 31.7 Å². The first-order chi connectivity index (χ1) is 17.4. The van der Waals surface area contributed by atoms with Gasteiger partial charge < -0.3 is 29.0 Å². The van der Waals surface area contributed by atoms with E-state index in [9.17, 15) is 9.59 Å². The summed E-state index contributed by atoms with van der Waals surface area (Å²) in [6, 6.07) is 7.30. The molecule has 200 valence electrons. The van der Waals surface area contributed by atoms with Crippen molar-refractivity contribution in [2.24, 2.45) is 0 Å². The second-order valence-corrected chi connectivity index (χ2v) is 8.74. The molecule has 8 heteroatoms. The summed E-state index contributed by atoms with van der Waals surface area (Å²) in [5.74, 6) is 0.366. The van der Waals surface area contributed by atoms with E-state index >= 15 is 0 Å². The van der Waals surface area contributed by atoms with E-state index in [2.05, 4.69) is 12.2 Å². The molecule has 0 bridgehead atoms. The van der Waals surface area contributed by atoms with Crippen molar-refractivity contribution in [1.82, 2.24) is 5.32 Å². The summed E-state index contributed by atoms with van der Waals surface area (Å²) in [5, 5.41) is 3.13. The van der Waals surface area contributed by atoms with Gasteiger partial charge in [0.25, 0.3) is 0 Å². The van der Waals surface area contributed by atoms with Crippen molar-refractivity contribution in [3.05, 3.63) is 52.7 Å². The van der Waals surface area contributed by atoms with Crippen LogP contribution in [0.4, 0.5) is 9.59 Å². The van der Waals surface area contributed by atoms with Gasteiger partial charge in [0.1, 0.15) is 23.2 Å². The Morgan fingerprint density at radius 1 is 0.806 bits per heavy atom. The third kappa shape index (κ3) is 8.81. The van der Waals surface area contributed by atoms with Gasteiger partial charge in [0.2, 0.25) is 0 Å². The fourth-order valence-electron chi connectivity index (χ4n) is 4.16. The van der Waals surface area contributed by atoms with Crippen LogP contribution >= 0.6 is 0 Å². The van der Waals surface area contributed by atoms with E-state index in [1.807, 2.05) is 18.2 Å². The van der Waals surface area contributed by atoms with Gasteiger partial charge in [0.15, 0.2) is 0 Å². The maximum atomic E-state index is 12.6. The third-order valence-electron chi connectivity index (χ3n) is 5.96. The van der Waals surface area contributed by atoms with Crippen LogP contribution in [0, 0.1) is 0 Å². The minimum absolute atomic E-state index is 0.168. The highest BCUT2D eigenvalue weighted by atomic mass is 16.7. The molecule has 1 aliphatic heterocycles. The van der Waals surface area contributed by atoms with Crippen LogP contribution in [0.5, 0.6) is 5.75 Å². The first-order valence-electron chi connectivity index (χ1n) is 12.9. The fraction of sp³-hybridized carbons (Fsp3) is 0.571. The summed E-state index contributed by atoms with van der Waals surface area (Å²) < 4.78 is 27.2. The van der Waals surface area contributed by atoms with Crippen molar-refractivity contribution in [3.8, 4) is 5.75 Å². The van der Waals surface area contributed by atoms with Gasteiger partial charge in [-0.3, -0.25) is 0 Å². The highest BCUT2D eigenvalue weighted by Crippen LogP contribution is 2.42. The van der Waals surface area contributed by atoms with Crippen molar-refractivity contribution < 1.29 is 33.3 Å². The zero-order valence-corrected chi connectivity index (χ0v) is 22.3. The molecule has 1 heterocycles. The molecule has 0 aromatic heterocycles. The lowest BCUT2D eigenvalue weighted by atomic mass is 9.90. The van der Waals surface area contributed by atoms with Crippen LogP contribution in [0.3, 0.4) is 0 Å². The van der Waals surface area contributed by atoms with E-state index in [1.165, 1.54) is 32.1 Å². The molecule has 1 unspecified atom stereocenters. The number of benzene rings is 1. The van der Waals surface area contributed by atoms with E-state index in [4.69, 9.17) is 23.7 Å². The molecule has 1 aromatic rings. The molecule has 2 rings (SSSR count). The van der Waals surface area contributed by atoms with E-state index in [-0.39, 0.29) is 24.7 Å². The molecule has 0 spiro atoms. The average Bonchev–Trinajstić information content (AvgIpc) is 2.86. The topological polar surface area (TPSA) is 92.3 Å². The molecule has 0 saturated heterocycles. The maximum Gasteiger partial charge on any atom is 0.513 e. The predicted octanol–water partition coefficient (Wildman–Crippen LogP) is 7.31. The zero-order chi connectivity index (χ0) is 26.3. The summed E-state index contributed by atoms with van der Waals surface area (Å²) in [6.45, 7) is 7.92. The SMILES string of the molecule is CCCCCCCCCCOC(=O)OC1=C(C)NC(C)=C(OC(=O)OCC)C1c1ccccc1OC. The number of ether oxygens (including phenoxy) is 5. The van der Waals surface area contributed by atoms with Crippen LogP contribution < -0.4 is 10.1 Å². The Labute approximate surface area is 215 Å². The van der Waals surface area contributed by atoms with Gasteiger partial charge in [0, 0.05) is 5.56 Å². The highest BCUT2D eigenvalue weighted by molar-refractivity contribution is 5.65. The molecule has 0 amide bonds. The second-order valence-electron chi connectivity index (χ2n) is 8.74. The lowest BCUT2D eigenvalue weighted by Gasteiger charge is -2.30. The minimum atomic E-state index is -0.843. The Hall–Kier alpha value is -3.16. The summed E-state index contributed by atoms with van der Waals surface area (Å²) in [4.78, 5) is 24.8. The number of carbonyl (C=O) groups excluding carboxylic acids is 2. The molecular weight excluding hydrogens is 462 g/mol. The molecule has 1 aromatic carbocycles. The summed E-state index contributed by atoms with van der Waals surface area (Å²) in [7, 11) is 1.55. The Bertz CT molecular complexity index is 922. The first kappa shape index (κ1) is 29.1. The molecule has 1 N–H and O–H groups in total. The average molecular weight is 504 g/mol. The Balaban J connectivity index is 2.10. The number of allylic oxidation sites excluding steroid dienone is 2.